The summed E-state index contributed by atoms with van der Waals surface area (Å²) in [5, 5.41) is 1.71. The Balaban J connectivity index is 1.74. The number of aromatic nitrogens is 1. The van der Waals surface area contributed by atoms with Gasteiger partial charge in [-0.25, -0.2) is 8.42 Å². The molecule has 1 saturated heterocycles. The molecule has 1 fully saturated rings. The second-order valence-corrected chi connectivity index (χ2v) is 11.9. The summed E-state index contributed by atoms with van der Waals surface area (Å²) >= 11 is 2.33. The van der Waals surface area contributed by atoms with Gasteiger partial charge in [-0.05, 0) is 36.4 Å². The minimum absolute atomic E-state index is 0.0527. The number of methoxy groups -OCH3 is 3. The highest BCUT2D eigenvalue weighted by atomic mass is 32.2. The average Bonchev–Trinajstić information content (AvgIpc) is 3.53. The fraction of sp³-hybridized carbons (Fsp3) is 0.409. The number of hydrogen-bond donors (Lipinski definition) is 0. The first kappa shape index (κ1) is 25.4. The van der Waals surface area contributed by atoms with Crippen molar-refractivity contribution in [2.75, 3.05) is 34.4 Å². The lowest BCUT2D eigenvalue weighted by atomic mass is 9.99. The van der Waals surface area contributed by atoms with Crippen LogP contribution in [0.4, 0.5) is 0 Å². The molecule has 0 saturated carbocycles. The lowest BCUT2D eigenvalue weighted by molar-refractivity contribution is -0.141. The molecule has 0 N–H and O–H groups in total. The molecule has 0 spiro atoms. The summed E-state index contributed by atoms with van der Waals surface area (Å²) in [5.41, 5.74) is 0.555. The molecule has 1 aliphatic heterocycles. The van der Waals surface area contributed by atoms with Gasteiger partial charge in [0.25, 0.3) is 15.9 Å². The molecule has 1 aromatic carbocycles. The van der Waals surface area contributed by atoms with Gasteiger partial charge in [0.1, 0.15) is 32.5 Å². The predicted molar refractivity (Wildman–Crippen MR) is 131 cm³/mol. The summed E-state index contributed by atoms with van der Waals surface area (Å²) < 4.78 is 45.5. The number of piperidine rings is 1. The molecule has 1 amide bonds. The van der Waals surface area contributed by atoms with E-state index in [0.29, 0.717) is 41.1 Å². The number of thiophene rings is 1. The summed E-state index contributed by atoms with van der Waals surface area (Å²) in [4.78, 5) is 30.0. The Kier molecular flexibility index (Phi) is 7.59. The topological polar surface area (TPSA) is 116 Å². The van der Waals surface area contributed by atoms with Gasteiger partial charge in [0.05, 0.1) is 27.2 Å². The van der Waals surface area contributed by atoms with Crippen molar-refractivity contribution >= 4 is 54.8 Å². The summed E-state index contributed by atoms with van der Waals surface area (Å²) in [6.45, 7) is 0.219. The number of rotatable bonds is 7. The number of hydrogen-bond acceptors (Lipinski definition) is 9. The second kappa shape index (κ2) is 10.5. The summed E-state index contributed by atoms with van der Waals surface area (Å²) in [6.07, 6.45) is 1.07. The molecule has 1 unspecified atom stereocenters. The maximum Gasteiger partial charge on any atom is 0.325 e. The van der Waals surface area contributed by atoms with Crippen LogP contribution in [0.2, 0.25) is 0 Å². The molecule has 10 nitrogen and oxygen atoms in total. The Morgan fingerprint density at radius 2 is 1.89 bits per heavy atom. The van der Waals surface area contributed by atoms with Crippen molar-refractivity contribution in [2.24, 2.45) is 10.9 Å². The van der Waals surface area contributed by atoms with E-state index in [1.165, 1.54) is 37.0 Å². The SMILES string of the molecule is COC(=O)Cn1c(=NC(=O)C2CCCN(S(=O)(=O)c3cccs3)C2)sc2c(OC)ccc(OC)c21. The molecule has 0 aliphatic carbocycles. The zero-order valence-electron chi connectivity index (χ0n) is 19.4. The average molecular weight is 540 g/mol. The van der Waals surface area contributed by atoms with Crippen molar-refractivity contribution in [2.45, 2.75) is 23.6 Å². The number of carbonyl (C=O) groups excluding carboxylic acids is 2. The molecule has 0 bridgehead atoms. The van der Waals surface area contributed by atoms with Gasteiger partial charge in [0.2, 0.25) is 0 Å². The van der Waals surface area contributed by atoms with E-state index in [4.69, 9.17) is 14.2 Å². The Bertz CT molecular complexity index is 1410. The van der Waals surface area contributed by atoms with Crippen molar-refractivity contribution in [1.82, 2.24) is 8.87 Å². The molecule has 13 heteroatoms. The Morgan fingerprint density at radius 1 is 1.14 bits per heavy atom. The van der Waals surface area contributed by atoms with Crippen LogP contribution in [0.25, 0.3) is 10.2 Å². The number of sulfonamides is 1. The van der Waals surface area contributed by atoms with Crippen LogP contribution in [-0.2, 0) is 30.9 Å². The normalized spacial score (nSPS) is 17.5. The highest BCUT2D eigenvalue weighted by molar-refractivity contribution is 7.91. The number of esters is 1. The highest BCUT2D eigenvalue weighted by Crippen LogP contribution is 2.35. The predicted octanol–water partition coefficient (Wildman–Crippen LogP) is 2.48. The standard InChI is InChI=1S/C22H25N3O7S3/c1-30-15-8-9-16(31-2)20-19(15)25(13-17(26)32-3)22(34-20)23-21(27)14-6-4-10-24(12-14)35(28,29)18-7-5-11-33-18/h5,7-9,11,14H,4,6,10,12-13H2,1-3H3. The van der Waals surface area contributed by atoms with E-state index in [1.54, 1.807) is 34.2 Å². The smallest absolute Gasteiger partial charge is 0.325 e. The minimum Gasteiger partial charge on any atom is -0.495 e. The van der Waals surface area contributed by atoms with E-state index >= 15 is 0 Å². The molecule has 1 aliphatic rings. The van der Waals surface area contributed by atoms with Crippen LogP contribution < -0.4 is 14.3 Å². The first-order valence-corrected chi connectivity index (χ1v) is 13.9. The third-order valence-corrected chi connectivity index (χ3v) is 10.1. The van der Waals surface area contributed by atoms with Gasteiger partial charge in [-0.3, -0.25) is 9.59 Å². The van der Waals surface area contributed by atoms with Crippen molar-refractivity contribution < 1.29 is 32.2 Å². The Hall–Kier alpha value is -2.74. The molecule has 1 atom stereocenters. The van der Waals surface area contributed by atoms with Crippen LogP contribution in [0.1, 0.15) is 12.8 Å². The molecular formula is C22H25N3O7S3. The number of nitrogens with zero attached hydrogens (tertiary/aromatic N) is 3. The van der Waals surface area contributed by atoms with Gasteiger partial charge in [-0.15, -0.1) is 11.3 Å². The van der Waals surface area contributed by atoms with E-state index < -0.39 is 27.8 Å². The van der Waals surface area contributed by atoms with Gasteiger partial charge in [-0.1, -0.05) is 17.4 Å². The number of fused-ring (bicyclic) bond motifs is 1. The van der Waals surface area contributed by atoms with Gasteiger partial charge in [0, 0.05) is 13.1 Å². The van der Waals surface area contributed by atoms with Crippen LogP contribution in [0, 0.1) is 5.92 Å². The van der Waals surface area contributed by atoms with Crippen molar-refractivity contribution in [3.8, 4) is 11.5 Å². The number of thiazole rings is 1. The van der Waals surface area contributed by atoms with Crippen LogP contribution in [0.5, 0.6) is 11.5 Å². The van der Waals surface area contributed by atoms with Gasteiger partial charge >= 0.3 is 5.97 Å². The molecule has 2 aromatic heterocycles. The number of carbonyl (C=O) groups is 2. The van der Waals surface area contributed by atoms with Crippen LogP contribution in [-0.4, -0.2) is 63.6 Å². The van der Waals surface area contributed by atoms with Gasteiger partial charge in [-0.2, -0.15) is 9.30 Å². The largest absolute Gasteiger partial charge is 0.495 e. The number of benzene rings is 1. The zero-order chi connectivity index (χ0) is 25.2. The second-order valence-electron chi connectivity index (χ2n) is 7.78. The van der Waals surface area contributed by atoms with Crippen LogP contribution in [0.3, 0.4) is 0 Å². The van der Waals surface area contributed by atoms with Gasteiger partial charge < -0.3 is 18.8 Å². The third-order valence-electron chi connectivity index (χ3n) is 5.74. The molecule has 4 rings (SSSR count). The lowest BCUT2D eigenvalue weighted by Crippen LogP contribution is -2.42. The summed E-state index contributed by atoms with van der Waals surface area (Å²) in [7, 11) is 0.651. The van der Waals surface area contributed by atoms with E-state index in [2.05, 4.69) is 4.99 Å². The van der Waals surface area contributed by atoms with Crippen LogP contribution >= 0.6 is 22.7 Å². The van der Waals surface area contributed by atoms with E-state index in [0.717, 1.165) is 11.3 Å². The lowest BCUT2D eigenvalue weighted by Gasteiger charge is -2.29. The van der Waals surface area contributed by atoms with Crippen molar-refractivity contribution in [3.63, 3.8) is 0 Å². The van der Waals surface area contributed by atoms with Crippen LogP contribution in [0.15, 0.2) is 38.8 Å². The monoisotopic (exact) mass is 539 g/mol. The quantitative estimate of drug-likeness (QED) is 0.424. The third kappa shape index (κ3) is 4.99. The maximum absolute atomic E-state index is 13.2. The van der Waals surface area contributed by atoms with E-state index in [1.807, 2.05) is 0 Å². The summed E-state index contributed by atoms with van der Waals surface area (Å²) in [5.74, 6) is -0.530. The highest BCUT2D eigenvalue weighted by Gasteiger charge is 2.34. The van der Waals surface area contributed by atoms with Gasteiger partial charge in [0.15, 0.2) is 4.80 Å². The fourth-order valence-corrected chi connectivity index (χ4v) is 7.78. The molecular weight excluding hydrogens is 514 g/mol. The summed E-state index contributed by atoms with van der Waals surface area (Å²) in [6, 6.07) is 6.69. The Morgan fingerprint density at radius 3 is 2.54 bits per heavy atom. The minimum atomic E-state index is -3.66. The van der Waals surface area contributed by atoms with Crippen molar-refractivity contribution in [3.05, 3.63) is 34.4 Å². The number of ether oxygens (including phenoxy) is 3. The molecule has 3 aromatic rings. The molecule has 35 heavy (non-hydrogen) atoms. The van der Waals surface area contributed by atoms with Crippen molar-refractivity contribution in [1.29, 1.82) is 0 Å². The zero-order valence-corrected chi connectivity index (χ0v) is 21.9. The molecule has 3 heterocycles. The Labute approximate surface area is 210 Å². The first-order valence-electron chi connectivity index (χ1n) is 10.7. The van der Waals surface area contributed by atoms with E-state index in [-0.39, 0.29) is 22.1 Å². The maximum atomic E-state index is 13.2. The molecule has 0 radical (unpaired) electrons. The van der Waals surface area contributed by atoms with E-state index in [9.17, 15) is 18.0 Å². The molecule has 188 valence electrons. The first-order chi connectivity index (χ1) is 16.8. The number of amides is 1. The fourth-order valence-electron chi connectivity index (χ4n) is 3.97.